The molecule has 1 unspecified atom stereocenters. The lowest BCUT2D eigenvalue weighted by Crippen LogP contribution is -2.26. The first-order chi connectivity index (χ1) is 6.74. The van der Waals surface area contributed by atoms with Crippen LogP contribution in [0.5, 0.6) is 0 Å². The van der Waals surface area contributed by atoms with Crippen LogP contribution in [-0.2, 0) is 0 Å². The predicted molar refractivity (Wildman–Crippen MR) is 59.7 cm³/mol. The third-order valence-electron chi connectivity index (χ3n) is 2.38. The van der Waals surface area contributed by atoms with E-state index in [9.17, 15) is 0 Å². The van der Waals surface area contributed by atoms with Crippen molar-refractivity contribution < 1.29 is 0 Å². The predicted octanol–water partition coefficient (Wildman–Crippen LogP) is 1.40. The number of aromatic amines is 1. The van der Waals surface area contributed by atoms with Crippen molar-refractivity contribution >= 4 is 26.0 Å². The maximum Gasteiger partial charge on any atom is 0.0975 e. The first kappa shape index (κ1) is 9.29. The number of hydrogen-bond acceptors (Lipinski definition) is 1. The van der Waals surface area contributed by atoms with Gasteiger partial charge < -0.3 is 4.98 Å². The summed E-state index contributed by atoms with van der Waals surface area (Å²) in [5, 5.41) is 11.1. The van der Waals surface area contributed by atoms with E-state index < -0.39 is 0 Å². The Morgan fingerprint density at radius 2 is 2.36 bits per heavy atom. The van der Waals surface area contributed by atoms with Crippen molar-refractivity contribution in [3.8, 4) is 6.07 Å². The van der Waals surface area contributed by atoms with E-state index in [1.165, 1.54) is 0 Å². The number of nitrogens with zero attached hydrogens (tertiary/aromatic N) is 1. The number of allylic oxidation sites excluding steroid dienone is 2. The monoisotopic (exact) mass is 248 g/mol. The first-order valence-corrected chi connectivity index (χ1v) is 5.19. The topological polar surface area (TPSA) is 39.6 Å². The molecule has 0 saturated heterocycles. The molecule has 0 saturated carbocycles. The van der Waals surface area contributed by atoms with Crippen LogP contribution < -0.4 is 10.6 Å². The van der Waals surface area contributed by atoms with Crippen LogP contribution in [0, 0.1) is 17.2 Å². The molecule has 70 valence electrons. The van der Waals surface area contributed by atoms with Crippen LogP contribution in [0.15, 0.2) is 24.4 Å². The molecule has 14 heavy (non-hydrogen) atoms. The summed E-state index contributed by atoms with van der Waals surface area (Å²) in [4.78, 5) is 3.11. The molecule has 1 aromatic rings. The highest BCUT2D eigenvalue weighted by atomic mass is 79.9. The Hall–Kier alpha value is -1.27. The fourth-order valence-electron chi connectivity index (χ4n) is 1.59. The lowest BCUT2D eigenvalue weighted by Gasteiger charge is -2.00. The zero-order chi connectivity index (χ0) is 10.1. The number of nitrogens with one attached hydrogen (secondary N) is 1. The Morgan fingerprint density at radius 1 is 1.57 bits per heavy atom. The summed E-state index contributed by atoms with van der Waals surface area (Å²) in [6, 6.07) is 4.23. The molecule has 1 atom stereocenters. The van der Waals surface area contributed by atoms with Gasteiger partial charge in [0, 0.05) is 21.8 Å². The summed E-state index contributed by atoms with van der Waals surface area (Å²) in [6.07, 6.45) is 5.88. The summed E-state index contributed by atoms with van der Waals surface area (Å²) in [5.74, 6) is 0.160. The standard InChI is InChI=1S/C11H9BrN2/c1-7-2-3-10(12)8-4-5-14-11(8)9(7)6-13/h2-5,7,14H,1H3. The van der Waals surface area contributed by atoms with Gasteiger partial charge >= 0.3 is 0 Å². The molecule has 1 heterocycles. The van der Waals surface area contributed by atoms with Gasteiger partial charge in [0.2, 0.25) is 0 Å². The third-order valence-corrected chi connectivity index (χ3v) is 3.07. The molecule has 1 aromatic heterocycles. The fraction of sp³-hybridized carbons (Fsp3) is 0.182. The smallest absolute Gasteiger partial charge is 0.0975 e. The van der Waals surface area contributed by atoms with Gasteiger partial charge in [0.05, 0.1) is 17.0 Å². The van der Waals surface area contributed by atoms with Crippen LogP contribution in [-0.4, -0.2) is 4.98 Å². The molecule has 0 bridgehead atoms. The summed E-state index contributed by atoms with van der Waals surface area (Å²) in [7, 11) is 0. The molecule has 0 amide bonds. The molecule has 2 rings (SSSR count). The lowest BCUT2D eigenvalue weighted by atomic mass is 10.0. The normalized spacial score (nSPS) is 20.2. The Labute approximate surface area is 90.4 Å². The SMILES string of the molecule is CC1C=CC(Br)=c2cc[nH]c2=C1C#N. The van der Waals surface area contributed by atoms with Crippen molar-refractivity contribution in [3.05, 3.63) is 35.0 Å². The van der Waals surface area contributed by atoms with Crippen molar-refractivity contribution in [1.82, 2.24) is 4.98 Å². The van der Waals surface area contributed by atoms with Gasteiger partial charge in [0.1, 0.15) is 0 Å². The average molecular weight is 249 g/mol. The summed E-state index contributed by atoms with van der Waals surface area (Å²) < 4.78 is 1.02. The largest absolute Gasteiger partial charge is 0.360 e. The van der Waals surface area contributed by atoms with Crippen molar-refractivity contribution in [2.45, 2.75) is 6.92 Å². The summed E-state index contributed by atoms with van der Waals surface area (Å²) in [6.45, 7) is 2.02. The molecule has 0 radical (unpaired) electrons. The zero-order valence-corrected chi connectivity index (χ0v) is 9.30. The van der Waals surface area contributed by atoms with E-state index in [1.54, 1.807) is 0 Å². The molecule has 0 aliphatic heterocycles. The second-order valence-electron chi connectivity index (χ2n) is 3.29. The summed E-state index contributed by atoms with van der Waals surface area (Å²) >= 11 is 3.49. The number of rotatable bonds is 0. The Kier molecular flexibility index (Phi) is 2.30. The van der Waals surface area contributed by atoms with Crippen molar-refractivity contribution in [2.75, 3.05) is 0 Å². The molecule has 0 fully saturated rings. The van der Waals surface area contributed by atoms with E-state index in [0.29, 0.717) is 0 Å². The van der Waals surface area contributed by atoms with Crippen LogP contribution in [0.25, 0.3) is 10.1 Å². The van der Waals surface area contributed by atoms with Crippen LogP contribution in [0.4, 0.5) is 0 Å². The number of fused-ring (bicyclic) bond motifs is 1. The van der Waals surface area contributed by atoms with E-state index in [-0.39, 0.29) is 5.92 Å². The minimum Gasteiger partial charge on any atom is -0.360 e. The minimum atomic E-state index is 0.160. The molecule has 0 aromatic carbocycles. The number of aromatic nitrogens is 1. The zero-order valence-electron chi connectivity index (χ0n) is 7.71. The van der Waals surface area contributed by atoms with Crippen LogP contribution in [0.1, 0.15) is 6.92 Å². The van der Waals surface area contributed by atoms with Gasteiger partial charge in [-0.25, -0.2) is 0 Å². The summed E-state index contributed by atoms with van der Waals surface area (Å²) in [5.41, 5.74) is 0.788. The Balaban J connectivity index is 2.96. The average Bonchev–Trinajstić information content (AvgIpc) is 2.60. The van der Waals surface area contributed by atoms with Gasteiger partial charge in [-0.1, -0.05) is 35.0 Å². The van der Waals surface area contributed by atoms with E-state index in [0.717, 1.165) is 20.6 Å². The molecular formula is C11H9BrN2. The van der Waals surface area contributed by atoms with E-state index in [1.807, 2.05) is 31.3 Å². The Bertz CT molecular complexity index is 543. The molecule has 1 aliphatic carbocycles. The second-order valence-corrected chi connectivity index (χ2v) is 4.14. The highest BCUT2D eigenvalue weighted by Crippen LogP contribution is 2.16. The van der Waals surface area contributed by atoms with Gasteiger partial charge in [-0.2, -0.15) is 5.26 Å². The van der Waals surface area contributed by atoms with Gasteiger partial charge in [0.15, 0.2) is 0 Å². The maximum absolute atomic E-state index is 9.07. The van der Waals surface area contributed by atoms with E-state index in [4.69, 9.17) is 5.26 Å². The molecule has 1 aliphatic rings. The third kappa shape index (κ3) is 1.32. The lowest BCUT2D eigenvalue weighted by molar-refractivity contribution is 0.962. The van der Waals surface area contributed by atoms with Crippen molar-refractivity contribution in [1.29, 1.82) is 5.26 Å². The highest BCUT2D eigenvalue weighted by Gasteiger charge is 2.10. The van der Waals surface area contributed by atoms with Crippen LogP contribution in [0.3, 0.4) is 0 Å². The van der Waals surface area contributed by atoms with E-state index in [2.05, 4.69) is 27.0 Å². The van der Waals surface area contributed by atoms with Gasteiger partial charge in [0.25, 0.3) is 0 Å². The molecule has 1 N–H and O–H groups in total. The van der Waals surface area contributed by atoms with Gasteiger partial charge in [-0.3, -0.25) is 0 Å². The van der Waals surface area contributed by atoms with Gasteiger partial charge in [-0.15, -0.1) is 0 Å². The molecule has 0 spiro atoms. The number of H-pyrrole nitrogens is 1. The van der Waals surface area contributed by atoms with Crippen molar-refractivity contribution in [3.63, 3.8) is 0 Å². The minimum absolute atomic E-state index is 0.160. The fourth-order valence-corrected chi connectivity index (χ4v) is 2.07. The quantitative estimate of drug-likeness (QED) is 0.741. The van der Waals surface area contributed by atoms with Crippen LogP contribution >= 0.6 is 15.9 Å². The van der Waals surface area contributed by atoms with Gasteiger partial charge in [-0.05, 0) is 6.07 Å². The Morgan fingerprint density at radius 3 is 3.07 bits per heavy atom. The van der Waals surface area contributed by atoms with E-state index >= 15 is 0 Å². The highest BCUT2D eigenvalue weighted by molar-refractivity contribution is 9.15. The number of nitriles is 1. The maximum atomic E-state index is 9.07. The number of halogens is 1. The second kappa shape index (κ2) is 3.47. The molecular weight excluding hydrogens is 240 g/mol. The first-order valence-electron chi connectivity index (χ1n) is 4.39. The van der Waals surface area contributed by atoms with Crippen molar-refractivity contribution in [2.24, 2.45) is 5.92 Å². The van der Waals surface area contributed by atoms with Crippen LogP contribution in [0.2, 0.25) is 0 Å². The number of hydrogen-bond donors (Lipinski definition) is 1. The molecule has 2 nitrogen and oxygen atoms in total. The molecule has 3 heteroatoms.